The van der Waals surface area contributed by atoms with E-state index in [0.717, 1.165) is 38.5 Å². The Morgan fingerprint density at radius 2 is 0.818 bits per heavy atom. The molecule has 0 saturated heterocycles. The third-order valence-corrected chi connectivity index (χ3v) is 14.5. The molecule has 8 nitrogen and oxygen atoms in total. The fourth-order valence-electron chi connectivity index (χ4n) is 8.92. The first-order valence-corrected chi connectivity index (χ1v) is 30.5. The van der Waals surface area contributed by atoms with Gasteiger partial charge in [0.2, 0.25) is 5.91 Å². The lowest BCUT2D eigenvalue weighted by Gasteiger charge is -2.29. The van der Waals surface area contributed by atoms with Gasteiger partial charge in [-0.15, -0.1) is 0 Å². The summed E-state index contributed by atoms with van der Waals surface area (Å²) in [7, 11) is 1.28. The first-order valence-electron chi connectivity index (χ1n) is 29.1. The van der Waals surface area contributed by atoms with Crippen molar-refractivity contribution >= 4 is 13.7 Å². The van der Waals surface area contributed by atoms with Crippen LogP contribution in [-0.4, -0.2) is 68.5 Å². The highest BCUT2D eigenvalue weighted by Gasteiger charge is 2.23. The highest BCUT2D eigenvalue weighted by atomic mass is 31.2. The number of allylic oxidation sites excluding steroid dienone is 1. The molecule has 66 heavy (non-hydrogen) atoms. The van der Waals surface area contributed by atoms with Crippen molar-refractivity contribution < 1.29 is 32.9 Å². The van der Waals surface area contributed by atoms with E-state index < -0.39 is 20.0 Å². The number of hydrogen-bond acceptors (Lipinski definition) is 6. The lowest BCUT2D eigenvalue weighted by molar-refractivity contribution is -0.870. The lowest BCUT2D eigenvalue weighted by atomic mass is 10.0. The summed E-state index contributed by atoms with van der Waals surface area (Å²) in [6.45, 7) is 4.70. The van der Waals surface area contributed by atoms with Crippen molar-refractivity contribution in [3.8, 4) is 0 Å². The van der Waals surface area contributed by atoms with Gasteiger partial charge in [0.05, 0.1) is 39.9 Å². The number of aliphatic hydroxyl groups excluding tert-OH is 1. The number of hydrogen-bond donors (Lipinski definition) is 2. The standard InChI is InChI=1S/C57H115N2O6P/c1-6-8-10-12-14-16-18-20-22-24-26-28-29-31-33-35-37-39-41-43-45-47-49-51-57(61)58-55(54-65-66(62,63)64-53-52-59(3,4)5)56(60)50-48-46-44-42-40-38-36-34-32-30-27-25-23-21-19-17-15-13-11-9-7-2/h48,50,55-56,60H,6-47,49,51-54H2,1-5H3,(H-,58,61,62,63)/b50-48+. The first kappa shape index (κ1) is 65.2. The molecule has 394 valence electrons. The molecule has 0 aliphatic rings. The van der Waals surface area contributed by atoms with Crippen LogP contribution in [0.5, 0.6) is 0 Å². The highest BCUT2D eigenvalue weighted by molar-refractivity contribution is 7.45. The van der Waals surface area contributed by atoms with Crippen LogP contribution in [-0.2, 0) is 18.4 Å². The van der Waals surface area contributed by atoms with Crippen molar-refractivity contribution in [2.75, 3.05) is 40.9 Å². The van der Waals surface area contributed by atoms with E-state index in [1.807, 2.05) is 27.2 Å². The Hall–Kier alpha value is -0.760. The van der Waals surface area contributed by atoms with E-state index >= 15 is 0 Å². The first-order chi connectivity index (χ1) is 32.0. The number of unbranched alkanes of at least 4 members (excludes halogenated alkanes) is 41. The minimum atomic E-state index is -4.59. The number of likely N-dealkylation sites (N-methyl/N-ethyl adjacent to an activating group) is 1. The maximum atomic E-state index is 13.0. The molecule has 3 unspecified atom stereocenters. The number of amides is 1. The third-order valence-electron chi connectivity index (χ3n) is 13.5. The molecule has 0 aromatic carbocycles. The second kappa shape index (κ2) is 49.2. The summed E-state index contributed by atoms with van der Waals surface area (Å²) < 4.78 is 23.4. The molecule has 2 N–H and O–H groups in total. The van der Waals surface area contributed by atoms with Gasteiger partial charge in [0, 0.05) is 6.42 Å². The van der Waals surface area contributed by atoms with E-state index in [1.54, 1.807) is 6.08 Å². The molecule has 0 bridgehead atoms. The van der Waals surface area contributed by atoms with Crippen LogP contribution in [0.15, 0.2) is 12.2 Å². The van der Waals surface area contributed by atoms with Gasteiger partial charge in [0.1, 0.15) is 13.2 Å². The highest BCUT2D eigenvalue weighted by Crippen LogP contribution is 2.38. The molecule has 0 aromatic heterocycles. The average Bonchev–Trinajstić information content (AvgIpc) is 3.28. The largest absolute Gasteiger partial charge is 0.756 e. The number of nitrogens with one attached hydrogen (secondary N) is 1. The fourth-order valence-corrected chi connectivity index (χ4v) is 9.64. The minimum Gasteiger partial charge on any atom is -0.756 e. The topological polar surface area (TPSA) is 108 Å². The summed E-state index contributed by atoms with van der Waals surface area (Å²) >= 11 is 0. The second-order valence-corrected chi connectivity index (χ2v) is 22.8. The normalized spacial score (nSPS) is 14.0. The van der Waals surface area contributed by atoms with Crippen molar-refractivity contribution in [2.24, 2.45) is 0 Å². The molecule has 0 radical (unpaired) electrons. The van der Waals surface area contributed by atoms with Gasteiger partial charge in [-0.2, -0.15) is 0 Å². The number of rotatable bonds is 54. The van der Waals surface area contributed by atoms with Gasteiger partial charge in [0.25, 0.3) is 7.82 Å². The van der Waals surface area contributed by atoms with Crippen LogP contribution in [0.3, 0.4) is 0 Å². The van der Waals surface area contributed by atoms with E-state index in [4.69, 9.17) is 9.05 Å². The van der Waals surface area contributed by atoms with E-state index in [0.29, 0.717) is 17.4 Å². The summed E-state index contributed by atoms with van der Waals surface area (Å²) in [5.74, 6) is -0.190. The molecule has 0 rings (SSSR count). The zero-order valence-corrected chi connectivity index (χ0v) is 45.8. The Bertz CT molecular complexity index is 1080. The monoisotopic (exact) mass is 955 g/mol. The third kappa shape index (κ3) is 51.1. The number of carbonyl (C=O) groups is 1. The summed E-state index contributed by atoms with van der Waals surface area (Å²) in [6.07, 6.45) is 60.0. The van der Waals surface area contributed by atoms with Crippen molar-refractivity contribution in [1.29, 1.82) is 0 Å². The summed E-state index contributed by atoms with van der Waals surface area (Å²) in [6, 6.07) is -0.882. The molecular weight excluding hydrogens is 840 g/mol. The Morgan fingerprint density at radius 3 is 1.14 bits per heavy atom. The summed E-state index contributed by atoms with van der Waals surface area (Å²) in [5, 5.41) is 13.9. The van der Waals surface area contributed by atoms with Crippen LogP contribution in [0.2, 0.25) is 0 Å². The maximum absolute atomic E-state index is 13.0. The van der Waals surface area contributed by atoms with Gasteiger partial charge in [-0.25, -0.2) is 0 Å². The number of nitrogens with zero attached hydrogens (tertiary/aromatic N) is 1. The van der Waals surface area contributed by atoms with Crippen LogP contribution in [0.25, 0.3) is 0 Å². The molecule has 9 heteroatoms. The van der Waals surface area contributed by atoms with Crippen LogP contribution in [0.4, 0.5) is 0 Å². The SMILES string of the molecule is CCCCCCCCCCCCCCCCCCCCC/C=C/C(O)C(COP(=O)([O-])OCC[N+](C)(C)C)NC(=O)CCCCCCCCCCCCCCCCCCCCCCCCC. The zero-order valence-electron chi connectivity index (χ0n) is 44.9. The van der Waals surface area contributed by atoms with Gasteiger partial charge < -0.3 is 28.8 Å². The number of quaternary nitrogens is 1. The molecule has 0 saturated carbocycles. The van der Waals surface area contributed by atoms with Crippen molar-refractivity contribution in [3.63, 3.8) is 0 Å². The molecule has 1 amide bonds. The van der Waals surface area contributed by atoms with Crippen LogP contribution >= 0.6 is 7.82 Å². The molecule has 0 spiro atoms. The van der Waals surface area contributed by atoms with Crippen LogP contribution in [0, 0.1) is 0 Å². The molecular formula is C57H115N2O6P. The average molecular weight is 956 g/mol. The fraction of sp³-hybridized carbons (Fsp3) is 0.947. The summed E-state index contributed by atoms with van der Waals surface area (Å²) in [4.78, 5) is 25.5. The van der Waals surface area contributed by atoms with Gasteiger partial charge in [-0.1, -0.05) is 283 Å². The van der Waals surface area contributed by atoms with Gasteiger partial charge in [0.15, 0.2) is 0 Å². The quantitative estimate of drug-likeness (QED) is 0.0272. The predicted octanol–water partition coefficient (Wildman–Crippen LogP) is 16.8. The smallest absolute Gasteiger partial charge is 0.268 e. The van der Waals surface area contributed by atoms with Crippen molar-refractivity contribution in [3.05, 3.63) is 12.2 Å². The van der Waals surface area contributed by atoms with E-state index in [9.17, 15) is 19.4 Å². The van der Waals surface area contributed by atoms with Crippen LogP contribution in [0.1, 0.15) is 296 Å². The van der Waals surface area contributed by atoms with Crippen molar-refractivity contribution in [2.45, 2.75) is 309 Å². The molecule has 0 aliphatic carbocycles. The second-order valence-electron chi connectivity index (χ2n) is 21.4. The lowest BCUT2D eigenvalue weighted by Crippen LogP contribution is -2.45. The molecule has 3 atom stereocenters. The van der Waals surface area contributed by atoms with E-state index in [1.165, 1.54) is 238 Å². The minimum absolute atomic E-state index is 0.00272. The Labute approximate surface area is 412 Å². The molecule has 0 heterocycles. The predicted molar refractivity (Wildman–Crippen MR) is 284 cm³/mol. The van der Waals surface area contributed by atoms with E-state index in [2.05, 4.69) is 19.2 Å². The molecule has 0 fully saturated rings. The number of phosphoric ester groups is 1. The van der Waals surface area contributed by atoms with Gasteiger partial charge in [-0.3, -0.25) is 9.36 Å². The number of aliphatic hydroxyl groups is 1. The number of carbonyl (C=O) groups excluding carboxylic acids is 1. The molecule has 0 aliphatic heterocycles. The Kier molecular flexibility index (Phi) is 48.7. The van der Waals surface area contributed by atoms with E-state index in [-0.39, 0.29) is 19.1 Å². The molecule has 0 aromatic rings. The van der Waals surface area contributed by atoms with Crippen LogP contribution < -0.4 is 10.2 Å². The Balaban J connectivity index is 4.18. The number of phosphoric acid groups is 1. The van der Waals surface area contributed by atoms with Gasteiger partial charge in [-0.05, 0) is 19.3 Å². The Morgan fingerprint density at radius 1 is 0.515 bits per heavy atom. The summed E-state index contributed by atoms with van der Waals surface area (Å²) in [5.41, 5.74) is 0. The van der Waals surface area contributed by atoms with Crippen molar-refractivity contribution in [1.82, 2.24) is 5.32 Å². The van der Waals surface area contributed by atoms with Gasteiger partial charge >= 0.3 is 0 Å². The zero-order chi connectivity index (χ0) is 48.5. The maximum Gasteiger partial charge on any atom is 0.268 e.